The van der Waals surface area contributed by atoms with Crippen molar-refractivity contribution in [2.24, 2.45) is 0 Å². The van der Waals surface area contributed by atoms with Gasteiger partial charge in [0.05, 0.1) is 17.8 Å². The number of hydrogen-bond acceptors (Lipinski definition) is 3. The van der Waals surface area contributed by atoms with Crippen molar-refractivity contribution >= 4 is 35.0 Å². The van der Waals surface area contributed by atoms with Crippen molar-refractivity contribution in [2.45, 2.75) is 25.7 Å². The van der Waals surface area contributed by atoms with E-state index in [-0.39, 0.29) is 11.5 Å². The lowest BCUT2D eigenvalue weighted by atomic mass is 10.1. The van der Waals surface area contributed by atoms with E-state index in [1.54, 1.807) is 7.11 Å². The van der Waals surface area contributed by atoms with Gasteiger partial charge in [-0.3, -0.25) is 4.79 Å². The van der Waals surface area contributed by atoms with Gasteiger partial charge in [-0.15, -0.1) is 12.6 Å². The van der Waals surface area contributed by atoms with E-state index in [1.807, 2.05) is 12.1 Å². The second-order valence-corrected chi connectivity index (χ2v) is 5.64. The van der Waals surface area contributed by atoms with Crippen LogP contribution in [0.3, 0.4) is 0 Å². The Morgan fingerprint density at radius 3 is 2.63 bits per heavy atom. The van der Waals surface area contributed by atoms with E-state index in [2.05, 4.69) is 17.5 Å². The van der Waals surface area contributed by atoms with Crippen LogP contribution in [0.2, 0.25) is 5.02 Å². The lowest BCUT2D eigenvalue weighted by Crippen LogP contribution is -2.29. The molecule has 0 N–H and O–H groups in total. The van der Waals surface area contributed by atoms with Gasteiger partial charge in [-0.25, -0.2) is 0 Å². The molecule has 3 nitrogen and oxygen atoms in total. The molecule has 1 aromatic carbocycles. The molecule has 1 heterocycles. The molecule has 0 spiro atoms. The molecule has 0 radical (unpaired) electrons. The van der Waals surface area contributed by atoms with Crippen LogP contribution in [-0.2, 0) is 11.2 Å². The average Bonchev–Trinajstić information content (AvgIpc) is 2.39. The number of methoxy groups -OCH3 is 1. The number of benzene rings is 1. The predicted molar refractivity (Wildman–Crippen MR) is 81.8 cm³/mol. The van der Waals surface area contributed by atoms with Crippen LogP contribution in [0, 0.1) is 0 Å². The lowest BCUT2D eigenvalue weighted by Gasteiger charge is -2.30. The first-order valence-electron chi connectivity index (χ1n) is 6.45. The molecule has 0 atom stereocenters. The van der Waals surface area contributed by atoms with Crippen LogP contribution < -0.4 is 9.64 Å². The van der Waals surface area contributed by atoms with Crippen molar-refractivity contribution in [1.29, 1.82) is 0 Å². The van der Waals surface area contributed by atoms with Gasteiger partial charge in [0.25, 0.3) is 0 Å². The number of piperidine rings is 1. The minimum absolute atomic E-state index is 0.194. The Hall–Kier alpha value is -0.870. The summed E-state index contributed by atoms with van der Waals surface area (Å²) < 4.78 is 5.36. The summed E-state index contributed by atoms with van der Waals surface area (Å²) in [5.41, 5.74) is 1.78. The molecule has 1 saturated heterocycles. The van der Waals surface area contributed by atoms with Crippen LogP contribution in [0.4, 0.5) is 5.69 Å². The summed E-state index contributed by atoms with van der Waals surface area (Å²) in [5, 5.41) is 0.479. The number of carbonyl (C=O) groups is 1. The van der Waals surface area contributed by atoms with Gasteiger partial charge in [0.2, 0.25) is 0 Å². The summed E-state index contributed by atoms with van der Waals surface area (Å²) in [4.78, 5) is 13.4. The number of thiol groups is 1. The molecule has 5 heteroatoms. The molecule has 1 fully saturated rings. The number of halogens is 1. The molecule has 1 aliphatic rings. The Labute approximate surface area is 124 Å². The molecule has 0 bridgehead atoms. The maximum Gasteiger partial charge on any atom is 0.190 e. The van der Waals surface area contributed by atoms with Crippen LogP contribution in [0.1, 0.15) is 24.8 Å². The summed E-state index contributed by atoms with van der Waals surface area (Å²) in [6.07, 6.45) is 3.88. The average molecular weight is 300 g/mol. The third-order valence-corrected chi connectivity index (χ3v) is 3.85. The molecular formula is C14H18ClNO2S. The van der Waals surface area contributed by atoms with Crippen molar-refractivity contribution in [2.75, 3.05) is 25.1 Å². The summed E-state index contributed by atoms with van der Waals surface area (Å²) in [6.45, 7) is 2.04. The third-order valence-electron chi connectivity index (χ3n) is 3.39. The molecule has 104 valence electrons. The lowest BCUT2D eigenvalue weighted by molar-refractivity contribution is -0.110. The van der Waals surface area contributed by atoms with E-state index in [9.17, 15) is 4.79 Å². The van der Waals surface area contributed by atoms with Gasteiger partial charge in [-0.05, 0) is 25.3 Å². The Kier molecular flexibility index (Phi) is 4.99. The molecule has 1 aromatic rings. The van der Waals surface area contributed by atoms with E-state index >= 15 is 0 Å². The molecule has 0 aromatic heterocycles. The van der Waals surface area contributed by atoms with Crippen LogP contribution in [-0.4, -0.2) is 25.3 Å². The highest BCUT2D eigenvalue weighted by Gasteiger charge is 2.17. The molecule has 0 amide bonds. The fourth-order valence-corrected chi connectivity index (χ4v) is 2.93. The minimum atomic E-state index is -0.194. The maximum atomic E-state index is 11.1. The fraction of sp³-hybridized carbons (Fsp3) is 0.500. The zero-order valence-corrected chi connectivity index (χ0v) is 12.6. The highest BCUT2D eigenvalue weighted by Crippen LogP contribution is 2.35. The molecule has 0 saturated carbocycles. The smallest absolute Gasteiger partial charge is 0.190 e. The molecule has 1 aliphatic heterocycles. The van der Waals surface area contributed by atoms with E-state index in [4.69, 9.17) is 16.3 Å². The second kappa shape index (κ2) is 6.53. The quantitative estimate of drug-likeness (QED) is 0.865. The predicted octanol–water partition coefficient (Wildman–Crippen LogP) is 3.34. The van der Waals surface area contributed by atoms with Gasteiger partial charge >= 0.3 is 0 Å². The molecule has 0 unspecified atom stereocenters. The van der Waals surface area contributed by atoms with Gasteiger partial charge in [0.1, 0.15) is 5.75 Å². The third kappa shape index (κ3) is 3.57. The Morgan fingerprint density at radius 1 is 1.37 bits per heavy atom. The van der Waals surface area contributed by atoms with E-state index in [1.165, 1.54) is 19.3 Å². The normalized spacial score (nSPS) is 15.4. The first-order valence-corrected chi connectivity index (χ1v) is 7.27. The Balaban J connectivity index is 2.32. The van der Waals surface area contributed by atoms with Crippen molar-refractivity contribution in [3.63, 3.8) is 0 Å². The van der Waals surface area contributed by atoms with E-state index < -0.39 is 0 Å². The van der Waals surface area contributed by atoms with Crippen LogP contribution in [0.15, 0.2) is 12.1 Å². The van der Waals surface area contributed by atoms with E-state index in [0.29, 0.717) is 10.8 Å². The number of ether oxygens (including phenoxy) is 1. The van der Waals surface area contributed by atoms with Crippen molar-refractivity contribution in [3.05, 3.63) is 22.7 Å². The van der Waals surface area contributed by atoms with Crippen molar-refractivity contribution in [3.8, 4) is 5.75 Å². The number of anilines is 1. The highest BCUT2D eigenvalue weighted by atomic mass is 35.5. The van der Waals surface area contributed by atoms with Gasteiger partial charge in [-0.1, -0.05) is 11.6 Å². The molecule has 0 aliphatic carbocycles. The maximum absolute atomic E-state index is 11.1. The van der Waals surface area contributed by atoms with Crippen LogP contribution in [0.25, 0.3) is 0 Å². The van der Waals surface area contributed by atoms with Crippen molar-refractivity contribution < 1.29 is 9.53 Å². The summed E-state index contributed by atoms with van der Waals surface area (Å²) in [7, 11) is 1.61. The summed E-state index contributed by atoms with van der Waals surface area (Å²) in [6, 6.07) is 3.75. The van der Waals surface area contributed by atoms with Crippen molar-refractivity contribution in [1.82, 2.24) is 0 Å². The fourth-order valence-electron chi connectivity index (χ4n) is 2.45. The minimum Gasteiger partial charge on any atom is -0.496 e. The number of rotatable bonds is 4. The number of carbonyl (C=O) groups excluding carboxylic acids is 1. The zero-order valence-electron chi connectivity index (χ0n) is 11.0. The Bertz CT molecular complexity index is 473. The number of hydrogen-bond donors (Lipinski definition) is 1. The SMILES string of the molecule is COc1cc(N2CCCCC2)c(Cl)cc1CC(=O)S. The van der Waals surface area contributed by atoms with E-state index in [0.717, 1.165) is 24.3 Å². The first kappa shape index (κ1) is 14.5. The zero-order chi connectivity index (χ0) is 13.8. The molecule has 2 rings (SSSR count). The number of nitrogens with zero attached hydrogens (tertiary/aromatic N) is 1. The van der Waals surface area contributed by atoms with Gasteiger partial charge in [0.15, 0.2) is 5.12 Å². The van der Waals surface area contributed by atoms with Gasteiger partial charge < -0.3 is 9.64 Å². The summed E-state index contributed by atoms with van der Waals surface area (Å²) >= 11 is 10.2. The van der Waals surface area contributed by atoms with Gasteiger partial charge in [0, 0.05) is 31.1 Å². The highest BCUT2D eigenvalue weighted by molar-refractivity contribution is 7.96. The first-order chi connectivity index (χ1) is 9.11. The Morgan fingerprint density at radius 2 is 2.05 bits per heavy atom. The monoisotopic (exact) mass is 299 g/mol. The van der Waals surface area contributed by atoms with Crippen LogP contribution in [0.5, 0.6) is 5.75 Å². The second-order valence-electron chi connectivity index (χ2n) is 4.73. The standard InChI is InChI=1S/C14H18ClNO2S/c1-18-13-9-12(16-5-3-2-4-6-16)11(15)7-10(13)8-14(17)19/h7,9H,2-6,8H2,1H3,(H,17,19). The molecule has 19 heavy (non-hydrogen) atoms. The molecular weight excluding hydrogens is 282 g/mol. The largest absolute Gasteiger partial charge is 0.496 e. The van der Waals surface area contributed by atoms with Crippen LogP contribution >= 0.6 is 24.2 Å². The summed E-state index contributed by atoms with van der Waals surface area (Å²) in [5.74, 6) is 0.701. The topological polar surface area (TPSA) is 29.5 Å². The van der Waals surface area contributed by atoms with Gasteiger partial charge in [-0.2, -0.15) is 0 Å².